The van der Waals surface area contributed by atoms with Crippen molar-refractivity contribution in [2.45, 2.75) is 29.0 Å². The van der Waals surface area contributed by atoms with E-state index in [-0.39, 0.29) is 24.5 Å². The number of sulfone groups is 1. The summed E-state index contributed by atoms with van der Waals surface area (Å²) in [5.74, 6) is -0.898. The summed E-state index contributed by atoms with van der Waals surface area (Å²) in [5.41, 5.74) is 6.60. The molecule has 0 aliphatic carbocycles. The maximum atomic E-state index is 12.1. The zero-order chi connectivity index (χ0) is 14.8. The van der Waals surface area contributed by atoms with Crippen molar-refractivity contribution >= 4 is 15.8 Å². The van der Waals surface area contributed by atoms with Crippen LogP contribution in [-0.2, 0) is 19.4 Å². The molecule has 0 aromatic heterocycles. The molecule has 6 nitrogen and oxygen atoms in total. The van der Waals surface area contributed by atoms with Crippen LogP contribution in [0.25, 0.3) is 0 Å². The molecule has 0 bridgehead atoms. The van der Waals surface area contributed by atoms with Gasteiger partial charge in [0.1, 0.15) is 5.25 Å². The van der Waals surface area contributed by atoms with Crippen LogP contribution in [0.3, 0.4) is 0 Å². The molecule has 1 aliphatic heterocycles. The summed E-state index contributed by atoms with van der Waals surface area (Å²) < 4.78 is 29.1. The maximum Gasteiger partial charge on any atom is 0.303 e. The molecule has 0 amide bonds. The summed E-state index contributed by atoms with van der Waals surface area (Å²) in [6, 6.07) is 5.90. The summed E-state index contributed by atoms with van der Waals surface area (Å²) in [6.45, 7) is 0.477. The highest BCUT2D eigenvalue weighted by Crippen LogP contribution is 2.23. The highest BCUT2D eigenvalue weighted by Gasteiger charge is 2.33. The lowest BCUT2D eigenvalue weighted by Gasteiger charge is -2.25. The lowest BCUT2D eigenvalue weighted by molar-refractivity contribution is -0.137. The normalized spacial score (nSPS) is 17.4. The fourth-order valence-corrected chi connectivity index (χ4v) is 3.39. The molecule has 0 radical (unpaired) electrons. The van der Waals surface area contributed by atoms with Gasteiger partial charge in [0.25, 0.3) is 0 Å². The second-order valence-electron chi connectivity index (χ2n) is 4.81. The monoisotopic (exact) mass is 299 g/mol. The van der Waals surface area contributed by atoms with E-state index >= 15 is 0 Å². The van der Waals surface area contributed by atoms with Crippen molar-refractivity contribution in [2.24, 2.45) is 5.73 Å². The predicted molar refractivity (Wildman–Crippen MR) is 72.0 cm³/mol. The number of carbonyl (C=O) groups is 1. The fourth-order valence-electron chi connectivity index (χ4n) is 1.94. The van der Waals surface area contributed by atoms with Gasteiger partial charge in [0.15, 0.2) is 9.84 Å². The quantitative estimate of drug-likeness (QED) is 0.801. The standard InChI is InChI=1S/C13H17NO5S/c14-12(5-6-13(15)16)9-1-3-10(4-2-9)20(17,18)11-7-19-8-11/h1-4,11-12H,5-8,14H2,(H,15,16). The van der Waals surface area contributed by atoms with Gasteiger partial charge in [0, 0.05) is 12.5 Å². The minimum absolute atomic E-state index is 0.0133. The lowest BCUT2D eigenvalue weighted by Crippen LogP contribution is -2.40. The number of carboxylic acid groups (broad SMARTS) is 1. The molecule has 110 valence electrons. The van der Waals surface area contributed by atoms with Crippen LogP contribution in [0.2, 0.25) is 0 Å². The van der Waals surface area contributed by atoms with Gasteiger partial charge in [0.2, 0.25) is 0 Å². The van der Waals surface area contributed by atoms with Crippen molar-refractivity contribution in [2.75, 3.05) is 13.2 Å². The summed E-state index contributed by atoms with van der Waals surface area (Å²) >= 11 is 0. The minimum Gasteiger partial charge on any atom is -0.481 e. The van der Waals surface area contributed by atoms with E-state index in [0.717, 1.165) is 5.56 Å². The third-order valence-electron chi connectivity index (χ3n) is 3.35. The van der Waals surface area contributed by atoms with Gasteiger partial charge in [-0.05, 0) is 24.1 Å². The van der Waals surface area contributed by atoms with E-state index in [1.165, 1.54) is 12.1 Å². The van der Waals surface area contributed by atoms with Gasteiger partial charge in [-0.25, -0.2) is 8.42 Å². The third-order valence-corrected chi connectivity index (χ3v) is 5.43. The molecule has 1 aliphatic rings. The zero-order valence-corrected chi connectivity index (χ0v) is 11.7. The van der Waals surface area contributed by atoms with Crippen LogP contribution >= 0.6 is 0 Å². The van der Waals surface area contributed by atoms with Crippen LogP contribution in [0.5, 0.6) is 0 Å². The molecule has 1 aromatic rings. The molecule has 20 heavy (non-hydrogen) atoms. The number of rotatable bonds is 6. The van der Waals surface area contributed by atoms with Crippen molar-refractivity contribution in [3.63, 3.8) is 0 Å². The number of ether oxygens (including phenoxy) is 1. The lowest BCUT2D eigenvalue weighted by atomic mass is 10.0. The van der Waals surface area contributed by atoms with Crippen LogP contribution in [0.4, 0.5) is 0 Å². The van der Waals surface area contributed by atoms with Crippen LogP contribution < -0.4 is 5.73 Å². The molecule has 1 heterocycles. The van der Waals surface area contributed by atoms with E-state index in [9.17, 15) is 13.2 Å². The SMILES string of the molecule is NC(CCC(=O)O)c1ccc(S(=O)(=O)C2COC2)cc1. The zero-order valence-electron chi connectivity index (χ0n) is 10.9. The molecule has 1 saturated heterocycles. The second-order valence-corrected chi connectivity index (χ2v) is 7.04. The first-order valence-corrected chi connectivity index (χ1v) is 7.85. The Morgan fingerprint density at radius 2 is 1.95 bits per heavy atom. The Labute approximate surface area is 117 Å². The maximum absolute atomic E-state index is 12.1. The number of benzene rings is 1. The first kappa shape index (κ1) is 15.0. The first-order chi connectivity index (χ1) is 9.41. The van der Waals surface area contributed by atoms with Gasteiger partial charge in [-0.15, -0.1) is 0 Å². The van der Waals surface area contributed by atoms with Gasteiger partial charge in [-0.3, -0.25) is 4.79 Å². The van der Waals surface area contributed by atoms with Crippen LogP contribution in [0.1, 0.15) is 24.4 Å². The summed E-state index contributed by atoms with van der Waals surface area (Å²) in [4.78, 5) is 10.7. The highest BCUT2D eigenvalue weighted by molar-refractivity contribution is 7.92. The molecule has 0 saturated carbocycles. The van der Waals surface area contributed by atoms with Gasteiger partial charge in [-0.1, -0.05) is 12.1 Å². The van der Waals surface area contributed by atoms with E-state index in [1.807, 2.05) is 0 Å². The van der Waals surface area contributed by atoms with Crippen molar-refractivity contribution in [1.29, 1.82) is 0 Å². The molecule has 1 atom stereocenters. The third kappa shape index (κ3) is 3.17. The molecule has 1 unspecified atom stereocenters. The van der Waals surface area contributed by atoms with Gasteiger partial charge in [0.05, 0.1) is 18.1 Å². The molecule has 0 spiro atoms. The molecular formula is C13H17NO5S. The summed E-state index contributed by atoms with van der Waals surface area (Å²) in [7, 11) is -3.33. The van der Waals surface area contributed by atoms with Crippen molar-refractivity contribution in [3.05, 3.63) is 29.8 Å². The molecule has 1 fully saturated rings. The van der Waals surface area contributed by atoms with Crippen LogP contribution in [0.15, 0.2) is 29.2 Å². The first-order valence-electron chi connectivity index (χ1n) is 6.30. The van der Waals surface area contributed by atoms with Crippen molar-refractivity contribution in [1.82, 2.24) is 0 Å². The number of nitrogens with two attached hydrogens (primary N) is 1. The Kier molecular flexibility index (Phi) is 4.42. The Morgan fingerprint density at radius 1 is 1.35 bits per heavy atom. The fraction of sp³-hybridized carbons (Fsp3) is 0.462. The number of carboxylic acids is 1. The van der Waals surface area contributed by atoms with Gasteiger partial charge in [-0.2, -0.15) is 0 Å². The molecule has 2 rings (SSSR count). The van der Waals surface area contributed by atoms with Crippen LogP contribution in [0, 0.1) is 0 Å². The molecule has 1 aromatic carbocycles. The Hall–Kier alpha value is -1.44. The highest BCUT2D eigenvalue weighted by atomic mass is 32.2. The van der Waals surface area contributed by atoms with E-state index in [4.69, 9.17) is 15.6 Å². The molecule has 7 heteroatoms. The van der Waals surface area contributed by atoms with E-state index < -0.39 is 27.1 Å². The van der Waals surface area contributed by atoms with Gasteiger partial charge >= 0.3 is 5.97 Å². The Balaban J connectivity index is 2.08. The molecule has 3 N–H and O–H groups in total. The Bertz CT molecular complexity index is 577. The van der Waals surface area contributed by atoms with E-state index in [2.05, 4.69) is 0 Å². The van der Waals surface area contributed by atoms with E-state index in [0.29, 0.717) is 6.42 Å². The smallest absolute Gasteiger partial charge is 0.303 e. The largest absolute Gasteiger partial charge is 0.481 e. The van der Waals surface area contributed by atoms with Crippen molar-refractivity contribution in [3.8, 4) is 0 Å². The average Bonchev–Trinajstić information content (AvgIpc) is 2.33. The van der Waals surface area contributed by atoms with E-state index in [1.54, 1.807) is 12.1 Å². The molecular weight excluding hydrogens is 282 g/mol. The Morgan fingerprint density at radius 3 is 2.40 bits per heavy atom. The second kappa shape index (κ2) is 5.90. The number of aliphatic carboxylic acids is 1. The summed E-state index contributed by atoms with van der Waals surface area (Å²) in [5, 5.41) is 8.14. The van der Waals surface area contributed by atoms with Crippen LogP contribution in [-0.4, -0.2) is 38.0 Å². The predicted octanol–water partition coefficient (Wildman–Crippen LogP) is 0.724. The minimum atomic E-state index is -3.33. The average molecular weight is 299 g/mol. The van der Waals surface area contributed by atoms with Crippen molar-refractivity contribution < 1.29 is 23.1 Å². The number of hydrogen-bond acceptors (Lipinski definition) is 5. The van der Waals surface area contributed by atoms with Gasteiger partial charge < -0.3 is 15.6 Å². The summed E-state index contributed by atoms with van der Waals surface area (Å²) in [6.07, 6.45) is 0.304. The topological polar surface area (TPSA) is 107 Å². The number of hydrogen-bond donors (Lipinski definition) is 2.